The normalized spacial score (nSPS) is 17.9. The first-order valence-electron chi connectivity index (χ1n) is 8.22. The molecule has 0 aromatic heterocycles. The summed E-state index contributed by atoms with van der Waals surface area (Å²) in [5, 5.41) is 0. The van der Waals surface area contributed by atoms with Crippen molar-refractivity contribution in [2.45, 2.75) is 72.1 Å². The standard InChI is InChI=1S/C14H26N2O2.C2H6/c1-2-3-4-5-6-7-8-9-16-11-12(14(15)18)10-13(16)17;1-2/h12H,2-11H2,1H3,(H2,15,18);1-2H3. The lowest BCUT2D eigenvalue weighted by molar-refractivity contribution is -0.128. The number of likely N-dealkylation sites (tertiary alicyclic amines) is 1. The van der Waals surface area contributed by atoms with Crippen molar-refractivity contribution >= 4 is 11.8 Å². The Morgan fingerprint density at radius 1 is 1.15 bits per heavy atom. The highest BCUT2D eigenvalue weighted by Crippen LogP contribution is 2.18. The predicted molar refractivity (Wildman–Crippen MR) is 83.2 cm³/mol. The first-order chi connectivity index (χ1) is 9.65. The molecule has 1 aliphatic rings. The molecule has 2 amide bonds. The number of nitrogens with two attached hydrogens (primary N) is 1. The van der Waals surface area contributed by atoms with Gasteiger partial charge >= 0.3 is 0 Å². The van der Waals surface area contributed by atoms with Crippen LogP contribution in [0.4, 0.5) is 0 Å². The second-order valence-electron chi connectivity index (χ2n) is 5.26. The Kier molecular flexibility index (Phi) is 11.1. The van der Waals surface area contributed by atoms with Crippen LogP contribution in [0.15, 0.2) is 0 Å². The number of hydrogen-bond donors (Lipinski definition) is 1. The van der Waals surface area contributed by atoms with Gasteiger partial charge in [0.2, 0.25) is 11.8 Å². The summed E-state index contributed by atoms with van der Waals surface area (Å²) < 4.78 is 0. The van der Waals surface area contributed by atoms with E-state index in [2.05, 4.69) is 6.92 Å². The fourth-order valence-electron chi connectivity index (χ4n) is 2.44. The molecule has 1 aliphatic heterocycles. The minimum Gasteiger partial charge on any atom is -0.369 e. The Labute approximate surface area is 124 Å². The third kappa shape index (κ3) is 7.51. The number of amides is 2. The average Bonchev–Trinajstić information content (AvgIpc) is 2.82. The van der Waals surface area contributed by atoms with Crippen LogP contribution in [0, 0.1) is 5.92 Å². The van der Waals surface area contributed by atoms with Crippen molar-refractivity contribution in [3.8, 4) is 0 Å². The SMILES string of the molecule is CC.CCCCCCCCCN1CC(C(N)=O)CC1=O. The molecule has 0 aliphatic carbocycles. The molecule has 2 N–H and O–H groups in total. The van der Waals surface area contributed by atoms with Gasteiger partial charge in [-0.3, -0.25) is 9.59 Å². The van der Waals surface area contributed by atoms with Crippen LogP contribution < -0.4 is 5.73 Å². The summed E-state index contributed by atoms with van der Waals surface area (Å²) in [6.45, 7) is 7.54. The average molecular weight is 284 g/mol. The molecule has 118 valence electrons. The minimum atomic E-state index is -0.342. The Bertz CT molecular complexity index is 280. The van der Waals surface area contributed by atoms with E-state index >= 15 is 0 Å². The Balaban J connectivity index is 0.00000172. The van der Waals surface area contributed by atoms with E-state index in [-0.39, 0.29) is 17.7 Å². The Morgan fingerprint density at radius 2 is 1.70 bits per heavy atom. The first kappa shape index (κ1) is 18.9. The van der Waals surface area contributed by atoms with Crippen molar-refractivity contribution < 1.29 is 9.59 Å². The molecule has 0 bridgehead atoms. The number of rotatable bonds is 9. The van der Waals surface area contributed by atoms with Gasteiger partial charge in [-0.05, 0) is 6.42 Å². The topological polar surface area (TPSA) is 63.4 Å². The molecular formula is C16H32N2O2. The van der Waals surface area contributed by atoms with Gasteiger partial charge in [-0.15, -0.1) is 0 Å². The molecule has 1 saturated heterocycles. The smallest absolute Gasteiger partial charge is 0.223 e. The zero-order valence-corrected chi connectivity index (χ0v) is 13.5. The maximum absolute atomic E-state index is 11.6. The van der Waals surface area contributed by atoms with Crippen molar-refractivity contribution in [1.29, 1.82) is 0 Å². The van der Waals surface area contributed by atoms with Gasteiger partial charge in [0.1, 0.15) is 0 Å². The van der Waals surface area contributed by atoms with Gasteiger partial charge in [0, 0.05) is 19.5 Å². The van der Waals surface area contributed by atoms with Crippen molar-refractivity contribution in [2.75, 3.05) is 13.1 Å². The van der Waals surface area contributed by atoms with Crippen LogP contribution >= 0.6 is 0 Å². The summed E-state index contributed by atoms with van der Waals surface area (Å²) in [6.07, 6.45) is 9.00. The van der Waals surface area contributed by atoms with Gasteiger partial charge in [-0.25, -0.2) is 0 Å². The number of unbranched alkanes of at least 4 members (excludes halogenated alkanes) is 6. The predicted octanol–water partition coefficient (Wildman–Crippen LogP) is 3.10. The van der Waals surface area contributed by atoms with Crippen molar-refractivity contribution in [3.05, 3.63) is 0 Å². The highest BCUT2D eigenvalue weighted by molar-refractivity contribution is 5.88. The van der Waals surface area contributed by atoms with Gasteiger partial charge in [0.25, 0.3) is 0 Å². The molecule has 4 heteroatoms. The summed E-state index contributed by atoms with van der Waals surface area (Å²) in [7, 11) is 0. The maximum Gasteiger partial charge on any atom is 0.223 e. The number of nitrogens with zero attached hydrogens (tertiary/aromatic N) is 1. The van der Waals surface area contributed by atoms with Crippen LogP contribution in [0.25, 0.3) is 0 Å². The van der Waals surface area contributed by atoms with E-state index in [0.717, 1.165) is 13.0 Å². The molecule has 20 heavy (non-hydrogen) atoms. The number of primary amides is 1. The zero-order chi connectivity index (χ0) is 15.4. The quantitative estimate of drug-likeness (QED) is 0.661. The van der Waals surface area contributed by atoms with Crippen LogP contribution in [0.2, 0.25) is 0 Å². The lowest BCUT2D eigenvalue weighted by Crippen LogP contribution is -2.29. The van der Waals surface area contributed by atoms with Gasteiger partial charge < -0.3 is 10.6 Å². The molecule has 0 spiro atoms. The summed E-state index contributed by atoms with van der Waals surface area (Å²) in [5.41, 5.74) is 5.23. The van der Waals surface area contributed by atoms with Gasteiger partial charge in [0.05, 0.1) is 5.92 Å². The molecule has 0 saturated carbocycles. The van der Waals surface area contributed by atoms with E-state index in [1.165, 1.54) is 38.5 Å². The van der Waals surface area contributed by atoms with E-state index in [0.29, 0.717) is 13.0 Å². The molecule has 0 radical (unpaired) electrons. The molecule has 1 fully saturated rings. The van der Waals surface area contributed by atoms with Crippen LogP contribution in [0.5, 0.6) is 0 Å². The molecule has 1 heterocycles. The Morgan fingerprint density at radius 3 is 2.20 bits per heavy atom. The van der Waals surface area contributed by atoms with Crippen LogP contribution in [0.1, 0.15) is 72.1 Å². The van der Waals surface area contributed by atoms with E-state index in [9.17, 15) is 9.59 Å². The first-order valence-corrected chi connectivity index (χ1v) is 8.22. The lowest BCUT2D eigenvalue weighted by Gasteiger charge is -2.15. The minimum absolute atomic E-state index is 0.0878. The van der Waals surface area contributed by atoms with Crippen molar-refractivity contribution in [1.82, 2.24) is 4.90 Å². The van der Waals surface area contributed by atoms with Crippen LogP contribution in [-0.2, 0) is 9.59 Å². The van der Waals surface area contributed by atoms with E-state index < -0.39 is 0 Å². The lowest BCUT2D eigenvalue weighted by atomic mass is 10.1. The fraction of sp³-hybridized carbons (Fsp3) is 0.875. The van der Waals surface area contributed by atoms with Gasteiger partial charge in [0.15, 0.2) is 0 Å². The van der Waals surface area contributed by atoms with E-state index in [1.54, 1.807) is 4.90 Å². The molecule has 4 nitrogen and oxygen atoms in total. The summed E-state index contributed by atoms with van der Waals surface area (Å²) in [4.78, 5) is 24.4. The summed E-state index contributed by atoms with van der Waals surface area (Å²) in [5.74, 6) is -0.516. The van der Waals surface area contributed by atoms with Gasteiger partial charge in [-0.2, -0.15) is 0 Å². The Hall–Kier alpha value is -1.06. The molecular weight excluding hydrogens is 252 g/mol. The largest absolute Gasteiger partial charge is 0.369 e. The fourth-order valence-corrected chi connectivity index (χ4v) is 2.44. The molecule has 1 rings (SSSR count). The number of carbonyl (C=O) groups excluding carboxylic acids is 2. The van der Waals surface area contributed by atoms with E-state index in [1.807, 2.05) is 13.8 Å². The number of hydrogen-bond acceptors (Lipinski definition) is 2. The van der Waals surface area contributed by atoms with Crippen molar-refractivity contribution in [3.63, 3.8) is 0 Å². The third-order valence-electron chi connectivity index (χ3n) is 3.65. The molecule has 1 atom stereocenters. The summed E-state index contributed by atoms with van der Waals surface area (Å²) >= 11 is 0. The zero-order valence-electron chi connectivity index (χ0n) is 13.5. The van der Waals surface area contributed by atoms with Gasteiger partial charge in [-0.1, -0.05) is 59.3 Å². The third-order valence-corrected chi connectivity index (χ3v) is 3.65. The number of carbonyl (C=O) groups is 2. The molecule has 1 unspecified atom stereocenters. The monoisotopic (exact) mass is 284 g/mol. The second kappa shape index (κ2) is 11.7. The van der Waals surface area contributed by atoms with E-state index in [4.69, 9.17) is 5.73 Å². The molecule has 0 aromatic carbocycles. The highest BCUT2D eigenvalue weighted by atomic mass is 16.2. The van der Waals surface area contributed by atoms with Crippen LogP contribution in [-0.4, -0.2) is 29.8 Å². The second-order valence-corrected chi connectivity index (χ2v) is 5.26. The maximum atomic E-state index is 11.6. The summed E-state index contributed by atoms with van der Waals surface area (Å²) in [6, 6.07) is 0. The molecule has 0 aromatic rings. The van der Waals surface area contributed by atoms with Crippen LogP contribution in [0.3, 0.4) is 0 Å². The van der Waals surface area contributed by atoms with Crippen molar-refractivity contribution in [2.24, 2.45) is 11.7 Å². The highest BCUT2D eigenvalue weighted by Gasteiger charge is 2.32.